The molecule has 2 nitrogen and oxygen atoms in total. The fourth-order valence-corrected chi connectivity index (χ4v) is 3.83. The molecule has 20 heavy (non-hydrogen) atoms. The van der Waals surface area contributed by atoms with Crippen molar-refractivity contribution in [2.45, 2.75) is 50.0 Å². The summed E-state index contributed by atoms with van der Waals surface area (Å²) in [5, 5.41) is 0. The van der Waals surface area contributed by atoms with Crippen molar-refractivity contribution in [3.8, 4) is 0 Å². The molecule has 2 rings (SSSR count). The van der Waals surface area contributed by atoms with Gasteiger partial charge in [0.15, 0.2) is 0 Å². The van der Waals surface area contributed by atoms with E-state index in [1.807, 2.05) is 30.1 Å². The lowest BCUT2D eigenvalue weighted by Gasteiger charge is -2.34. The molecule has 1 aromatic carbocycles. The van der Waals surface area contributed by atoms with E-state index in [4.69, 9.17) is 0 Å². The van der Waals surface area contributed by atoms with E-state index in [-0.39, 0.29) is 5.91 Å². The van der Waals surface area contributed by atoms with Crippen molar-refractivity contribution in [3.63, 3.8) is 0 Å². The maximum Gasteiger partial charge on any atom is 0.254 e. The van der Waals surface area contributed by atoms with Crippen molar-refractivity contribution in [3.05, 3.63) is 28.2 Å². The number of halogens is 1. The number of hydrogen-bond acceptors (Lipinski definition) is 2. The molecule has 0 aromatic heterocycles. The average molecular weight is 356 g/mol. The highest BCUT2D eigenvalue weighted by Gasteiger charge is 2.27. The summed E-state index contributed by atoms with van der Waals surface area (Å²) in [6, 6.07) is 6.00. The number of thiol groups is 1. The van der Waals surface area contributed by atoms with E-state index in [2.05, 4.69) is 35.5 Å². The predicted octanol–water partition coefficient (Wildman–Crippen LogP) is 4.78. The Morgan fingerprint density at radius 1 is 1.35 bits per heavy atom. The molecule has 1 saturated carbocycles. The lowest BCUT2D eigenvalue weighted by molar-refractivity contribution is 0.0671. The number of benzene rings is 1. The minimum Gasteiger partial charge on any atom is -0.339 e. The number of nitrogens with zero attached hydrogens (tertiary/aromatic N) is 1. The monoisotopic (exact) mass is 355 g/mol. The molecule has 1 aliphatic rings. The smallest absolute Gasteiger partial charge is 0.254 e. The molecule has 0 saturated heterocycles. The minimum absolute atomic E-state index is 0.0856. The zero-order valence-corrected chi connectivity index (χ0v) is 14.6. The molecule has 0 unspecified atom stereocenters. The summed E-state index contributed by atoms with van der Waals surface area (Å²) in [6.45, 7) is 2.26. The van der Waals surface area contributed by atoms with Crippen molar-refractivity contribution in [2.24, 2.45) is 5.92 Å². The number of carbonyl (C=O) groups is 1. The highest BCUT2D eigenvalue weighted by Crippen LogP contribution is 2.30. The van der Waals surface area contributed by atoms with E-state index < -0.39 is 0 Å². The van der Waals surface area contributed by atoms with Crippen molar-refractivity contribution < 1.29 is 4.79 Å². The number of carbonyl (C=O) groups excluding carboxylic acids is 1. The lowest BCUT2D eigenvalue weighted by Crippen LogP contribution is -2.39. The zero-order chi connectivity index (χ0) is 14.7. The van der Waals surface area contributed by atoms with Crippen LogP contribution in [0.15, 0.2) is 27.6 Å². The Labute approximate surface area is 135 Å². The minimum atomic E-state index is 0.0856. The van der Waals surface area contributed by atoms with E-state index in [0.717, 1.165) is 28.1 Å². The van der Waals surface area contributed by atoms with Crippen LogP contribution in [0.1, 0.15) is 49.4 Å². The van der Waals surface area contributed by atoms with Crippen molar-refractivity contribution >= 4 is 34.5 Å². The molecule has 0 spiro atoms. The molecule has 1 aliphatic carbocycles. The summed E-state index contributed by atoms with van der Waals surface area (Å²) in [6.07, 6.45) is 6.00. The van der Waals surface area contributed by atoms with Gasteiger partial charge >= 0.3 is 0 Å². The molecule has 1 fully saturated rings. The summed E-state index contributed by atoms with van der Waals surface area (Å²) in [4.78, 5) is 15.2. The molecule has 0 heterocycles. The standard InChI is InChI=1S/C16H22BrNOS/c1-3-11-4-7-13(8-5-11)18(2)16(19)14-9-6-12(17)10-15(14)20/h6,9-11,13,20H,3-5,7-8H2,1-2H3. The van der Waals surface area contributed by atoms with Gasteiger partial charge in [-0.3, -0.25) is 4.79 Å². The van der Waals surface area contributed by atoms with E-state index in [1.165, 1.54) is 19.3 Å². The van der Waals surface area contributed by atoms with Crippen LogP contribution in [0.25, 0.3) is 0 Å². The van der Waals surface area contributed by atoms with E-state index in [1.54, 1.807) is 0 Å². The summed E-state index contributed by atoms with van der Waals surface area (Å²) < 4.78 is 0.949. The van der Waals surface area contributed by atoms with E-state index in [9.17, 15) is 4.79 Å². The van der Waals surface area contributed by atoms with Gasteiger partial charge in [-0.1, -0.05) is 29.3 Å². The Bertz CT molecular complexity index is 483. The van der Waals surface area contributed by atoms with Crippen LogP contribution in [0.2, 0.25) is 0 Å². The largest absolute Gasteiger partial charge is 0.339 e. The Kier molecular flexibility index (Phi) is 5.56. The number of rotatable bonds is 3. The first-order valence-electron chi connectivity index (χ1n) is 7.28. The van der Waals surface area contributed by atoms with Gasteiger partial charge in [-0.2, -0.15) is 0 Å². The summed E-state index contributed by atoms with van der Waals surface area (Å²) in [5.41, 5.74) is 0.691. The number of amides is 1. The van der Waals surface area contributed by atoms with Gasteiger partial charge in [0.05, 0.1) is 5.56 Å². The van der Waals surface area contributed by atoms with Crippen LogP contribution in [-0.2, 0) is 0 Å². The normalized spacial score (nSPS) is 22.6. The van der Waals surface area contributed by atoms with Crippen LogP contribution in [0.3, 0.4) is 0 Å². The number of hydrogen-bond donors (Lipinski definition) is 1. The van der Waals surface area contributed by atoms with Gasteiger partial charge in [0, 0.05) is 22.5 Å². The first-order chi connectivity index (χ1) is 9.52. The van der Waals surface area contributed by atoms with Crippen LogP contribution >= 0.6 is 28.6 Å². The van der Waals surface area contributed by atoms with Crippen LogP contribution in [-0.4, -0.2) is 23.9 Å². The molecule has 0 atom stereocenters. The molecule has 1 amide bonds. The van der Waals surface area contributed by atoms with Gasteiger partial charge in [-0.15, -0.1) is 12.6 Å². The Morgan fingerprint density at radius 3 is 2.55 bits per heavy atom. The quantitative estimate of drug-likeness (QED) is 0.773. The predicted molar refractivity (Wildman–Crippen MR) is 89.5 cm³/mol. The van der Waals surface area contributed by atoms with Crippen molar-refractivity contribution in [1.82, 2.24) is 4.90 Å². The Hall–Kier alpha value is -0.480. The molecular formula is C16H22BrNOS. The average Bonchev–Trinajstić information content (AvgIpc) is 2.46. The van der Waals surface area contributed by atoms with Gasteiger partial charge < -0.3 is 4.90 Å². The van der Waals surface area contributed by atoms with Crippen LogP contribution in [0.5, 0.6) is 0 Å². The van der Waals surface area contributed by atoms with Gasteiger partial charge in [0.2, 0.25) is 0 Å². The second kappa shape index (κ2) is 6.99. The Morgan fingerprint density at radius 2 is 2.00 bits per heavy atom. The van der Waals surface area contributed by atoms with Crippen LogP contribution in [0, 0.1) is 5.92 Å². The maximum absolute atomic E-state index is 12.6. The lowest BCUT2D eigenvalue weighted by atomic mass is 9.84. The second-order valence-electron chi connectivity index (χ2n) is 5.66. The Balaban J connectivity index is 2.05. The molecule has 1 aromatic rings. The summed E-state index contributed by atoms with van der Waals surface area (Å²) in [7, 11) is 1.93. The maximum atomic E-state index is 12.6. The highest BCUT2D eigenvalue weighted by atomic mass is 79.9. The van der Waals surface area contributed by atoms with Crippen molar-refractivity contribution in [2.75, 3.05) is 7.05 Å². The molecule has 0 N–H and O–H groups in total. The molecule has 0 bridgehead atoms. The van der Waals surface area contributed by atoms with E-state index in [0.29, 0.717) is 11.6 Å². The zero-order valence-electron chi connectivity index (χ0n) is 12.1. The fraction of sp³-hybridized carbons (Fsp3) is 0.562. The molecule has 110 valence electrons. The SMILES string of the molecule is CCC1CCC(N(C)C(=O)c2ccc(Br)cc2S)CC1. The third-order valence-corrected chi connectivity index (χ3v) is 5.32. The van der Waals surface area contributed by atoms with Gasteiger partial charge in [-0.25, -0.2) is 0 Å². The van der Waals surface area contributed by atoms with E-state index >= 15 is 0 Å². The van der Waals surface area contributed by atoms with Crippen LogP contribution in [0.4, 0.5) is 0 Å². The first-order valence-corrected chi connectivity index (χ1v) is 8.52. The second-order valence-corrected chi connectivity index (χ2v) is 7.06. The van der Waals surface area contributed by atoms with Gasteiger partial charge in [0.25, 0.3) is 5.91 Å². The molecule has 0 radical (unpaired) electrons. The van der Waals surface area contributed by atoms with Crippen LogP contribution < -0.4 is 0 Å². The summed E-state index contributed by atoms with van der Waals surface area (Å²) in [5.74, 6) is 0.935. The van der Waals surface area contributed by atoms with Gasteiger partial charge in [0.1, 0.15) is 0 Å². The molecular weight excluding hydrogens is 334 g/mol. The first kappa shape index (κ1) is 15.9. The van der Waals surface area contributed by atoms with Crippen molar-refractivity contribution in [1.29, 1.82) is 0 Å². The molecule has 4 heteroatoms. The fourth-order valence-electron chi connectivity index (χ4n) is 2.98. The summed E-state index contributed by atoms with van der Waals surface area (Å²) >= 11 is 7.82. The third kappa shape index (κ3) is 3.59. The van der Waals surface area contributed by atoms with Gasteiger partial charge in [-0.05, 0) is 49.8 Å². The molecule has 0 aliphatic heterocycles. The third-order valence-electron chi connectivity index (χ3n) is 4.45. The topological polar surface area (TPSA) is 20.3 Å². The highest BCUT2D eigenvalue weighted by molar-refractivity contribution is 9.10.